The van der Waals surface area contributed by atoms with Gasteiger partial charge in [0.2, 0.25) is 0 Å². The quantitative estimate of drug-likeness (QED) is 0.902. The van der Waals surface area contributed by atoms with Crippen LogP contribution < -0.4 is 5.32 Å². The van der Waals surface area contributed by atoms with Crippen LogP contribution in [0.3, 0.4) is 0 Å². The first-order valence-electron chi connectivity index (χ1n) is 7.88. The summed E-state index contributed by atoms with van der Waals surface area (Å²) in [6.45, 7) is 6.93. The van der Waals surface area contributed by atoms with Crippen molar-refractivity contribution in [1.29, 1.82) is 0 Å². The van der Waals surface area contributed by atoms with Gasteiger partial charge in [-0.2, -0.15) is 0 Å². The Balaban J connectivity index is 1.97. The number of aromatic nitrogens is 1. The van der Waals surface area contributed by atoms with Gasteiger partial charge in [0.1, 0.15) is 5.01 Å². The second kappa shape index (κ2) is 5.17. The predicted molar refractivity (Wildman–Crippen MR) is 81.7 cm³/mol. The van der Waals surface area contributed by atoms with Gasteiger partial charge in [-0.05, 0) is 58.3 Å². The SMILES string of the molecule is CC(C)NC1(c2nc3c(s2)CCCC3)CCCC1C. The van der Waals surface area contributed by atoms with Gasteiger partial charge >= 0.3 is 0 Å². The molecule has 1 aromatic rings. The zero-order valence-corrected chi connectivity index (χ0v) is 13.3. The molecule has 1 saturated carbocycles. The molecule has 19 heavy (non-hydrogen) atoms. The molecule has 3 heteroatoms. The van der Waals surface area contributed by atoms with E-state index in [1.165, 1.54) is 55.6 Å². The van der Waals surface area contributed by atoms with Crippen molar-refractivity contribution in [2.75, 3.05) is 0 Å². The predicted octanol–water partition coefficient (Wildman–Crippen LogP) is 4.04. The lowest BCUT2D eigenvalue weighted by Crippen LogP contribution is -2.47. The van der Waals surface area contributed by atoms with Crippen LogP contribution in [0.1, 0.15) is 68.5 Å². The summed E-state index contributed by atoms with van der Waals surface area (Å²) in [5, 5.41) is 5.27. The maximum Gasteiger partial charge on any atom is 0.114 e. The van der Waals surface area contributed by atoms with E-state index in [4.69, 9.17) is 4.98 Å². The Morgan fingerprint density at radius 2 is 2.05 bits per heavy atom. The fourth-order valence-corrected chi connectivity index (χ4v) is 5.28. The summed E-state index contributed by atoms with van der Waals surface area (Å²) in [7, 11) is 0. The monoisotopic (exact) mass is 278 g/mol. The Labute approximate surface area is 121 Å². The molecule has 3 rings (SSSR count). The maximum absolute atomic E-state index is 5.06. The molecular weight excluding hydrogens is 252 g/mol. The van der Waals surface area contributed by atoms with Crippen molar-refractivity contribution in [1.82, 2.24) is 10.3 Å². The summed E-state index contributed by atoms with van der Waals surface area (Å²) in [5.74, 6) is 0.711. The summed E-state index contributed by atoms with van der Waals surface area (Å²) in [6, 6.07) is 0.529. The molecule has 2 aliphatic rings. The Kier molecular flexibility index (Phi) is 3.69. The first-order valence-corrected chi connectivity index (χ1v) is 8.70. The van der Waals surface area contributed by atoms with Gasteiger partial charge in [-0.3, -0.25) is 0 Å². The Morgan fingerprint density at radius 1 is 1.26 bits per heavy atom. The number of nitrogens with zero attached hydrogens (tertiary/aromatic N) is 1. The first kappa shape index (κ1) is 13.6. The van der Waals surface area contributed by atoms with E-state index < -0.39 is 0 Å². The Hall–Kier alpha value is -0.410. The molecule has 2 nitrogen and oxygen atoms in total. The highest BCUT2D eigenvalue weighted by Gasteiger charge is 2.44. The lowest BCUT2D eigenvalue weighted by atomic mass is 9.88. The summed E-state index contributed by atoms with van der Waals surface area (Å²) < 4.78 is 0. The molecule has 106 valence electrons. The molecule has 0 saturated heterocycles. The van der Waals surface area contributed by atoms with Gasteiger partial charge < -0.3 is 5.32 Å². The van der Waals surface area contributed by atoms with Crippen LogP contribution >= 0.6 is 11.3 Å². The van der Waals surface area contributed by atoms with Gasteiger partial charge in [0.15, 0.2) is 0 Å². The van der Waals surface area contributed by atoms with Crippen molar-refractivity contribution in [2.45, 2.75) is 77.3 Å². The van der Waals surface area contributed by atoms with Crippen LogP contribution in [0.4, 0.5) is 0 Å². The fourth-order valence-electron chi connectivity index (χ4n) is 3.83. The number of hydrogen-bond acceptors (Lipinski definition) is 3. The average Bonchev–Trinajstić information content (AvgIpc) is 2.94. The minimum absolute atomic E-state index is 0.163. The summed E-state index contributed by atoms with van der Waals surface area (Å²) in [6.07, 6.45) is 9.09. The van der Waals surface area contributed by atoms with Crippen molar-refractivity contribution in [3.8, 4) is 0 Å². The van der Waals surface area contributed by atoms with E-state index in [1.807, 2.05) is 11.3 Å². The van der Waals surface area contributed by atoms with Crippen LogP contribution in [0.5, 0.6) is 0 Å². The normalized spacial score (nSPS) is 30.8. The summed E-state index contributed by atoms with van der Waals surface area (Å²) >= 11 is 2.00. The molecule has 1 heterocycles. The number of aryl methyl sites for hydroxylation is 2. The zero-order chi connectivity index (χ0) is 13.5. The number of thiazole rings is 1. The highest BCUT2D eigenvalue weighted by atomic mass is 32.1. The van der Waals surface area contributed by atoms with Crippen LogP contribution in [-0.4, -0.2) is 11.0 Å². The van der Waals surface area contributed by atoms with Crippen LogP contribution in [0, 0.1) is 5.92 Å². The molecule has 0 aliphatic heterocycles. The lowest BCUT2D eigenvalue weighted by molar-refractivity contribution is 0.241. The van der Waals surface area contributed by atoms with E-state index in [-0.39, 0.29) is 5.54 Å². The van der Waals surface area contributed by atoms with E-state index in [1.54, 1.807) is 4.88 Å². The zero-order valence-electron chi connectivity index (χ0n) is 12.5. The fraction of sp³-hybridized carbons (Fsp3) is 0.812. The van der Waals surface area contributed by atoms with Gasteiger partial charge in [-0.15, -0.1) is 11.3 Å². The topological polar surface area (TPSA) is 24.9 Å². The van der Waals surface area contributed by atoms with E-state index >= 15 is 0 Å². The molecule has 2 aliphatic carbocycles. The van der Waals surface area contributed by atoms with Crippen LogP contribution in [0.25, 0.3) is 0 Å². The molecule has 1 N–H and O–H groups in total. The highest BCUT2D eigenvalue weighted by Crippen LogP contribution is 2.46. The molecule has 0 spiro atoms. The minimum Gasteiger partial charge on any atom is -0.303 e. The molecular formula is C16H26N2S. The van der Waals surface area contributed by atoms with Gasteiger partial charge in [0.25, 0.3) is 0 Å². The van der Waals surface area contributed by atoms with Crippen molar-refractivity contribution in [3.63, 3.8) is 0 Å². The second-order valence-electron chi connectivity index (χ2n) is 6.66. The Morgan fingerprint density at radius 3 is 2.68 bits per heavy atom. The molecule has 1 fully saturated rings. The van der Waals surface area contributed by atoms with Gasteiger partial charge in [0, 0.05) is 10.9 Å². The largest absolute Gasteiger partial charge is 0.303 e. The van der Waals surface area contributed by atoms with Gasteiger partial charge in [0.05, 0.1) is 11.2 Å². The number of hydrogen-bond donors (Lipinski definition) is 1. The van der Waals surface area contributed by atoms with Gasteiger partial charge in [-0.1, -0.05) is 13.3 Å². The van der Waals surface area contributed by atoms with Crippen molar-refractivity contribution in [3.05, 3.63) is 15.6 Å². The standard InChI is InChI=1S/C16H26N2S/c1-11(2)18-16(10-6-7-12(16)3)15-17-13-8-4-5-9-14(13)19-15/h11-12,18H,4-10H2,1-3H3. The maximum atomic E-state index is 5.06. The number of fused-ring (bicyclic) bond motifs is 1. The van der Waals surface area contributed by atoms with Gasteiger partial charge in [-0.25, -0.2) is 4.98 Å². The Bertz CT molecular complexity index is 428. The molecule has 0 radical (unpaired) electrons. The van der Waals surface area contributed by atoms with Crippen molar-refractivity contribution >= 4 is 11.3 Å². The molecule has 0 amide bonds. The first-order chi connectivity index (χ1) is 9.12. The third-order valence-corrected chi connectivity index (χ3v) is 6.16. The highest BCUT2D eigenvalue weighted by molar-refractivity contribution is 7.11. The molecule has 0 aromatic carbocycles. The molecule has 2 unspecified atom stereocenters. The van der Waals surface area contributed by atoms with Crippen molar-refractivity contribution < 1.29 is 0 Å². The van der Waals surface area contributed by atoms with Crippen LogP contribution in [0.2, 0.25) is 0 Å². The van der Waals surface area contributed by atoms with Crippen LogP contribution in [-0.2, 0) is 18.4 Å². The summed E-state index contributed by atoms with van der Waals surface area (Å²) in [5.41, 5.74) is 1.58. The van der Waals surface area contributed by atoms with E-state index in [0.717, 1.165) is 0 Å². The average molecular weight is 278 g/mol. The molecule has 0 bridgehead atoms. The van der Waals surface area contributed by atoms with E-state index in [9.17, 15) is 0 Å². The lowest BCUT2D eigenvalue weighted by Gasteiger charge is -2.35. The number of nitrogens with one attached hydrogen (secondary N) is 1. The third-order valence-electron chi connectivity index (χ3n) is 4.82. The van der Waals surface area contributed by atoms with E-state index in [2.05, 4.69) is 26.1 Å². The van der Waals surface area contributed by atoms with Crippen LogP contribution in [0.15, 0.2) is 0 Å². The minimum atomic E-state index is 0.163. The summed E-state index contributed by atoms with van der Waals surface area (Å²) in [4.78, 5) is 6.64. The van der Waals surface area contributed by atoms with Crippen molar-refractivity contribution in [2.24, 2.45) is 5.92 Å². The third kappa shape index (κ3) is 2.36. The number of rotatable bonds is 3. The molecule has 2 atom stereocenters. The second-order valence-corrected chi connectivity index (χ2v) is 7.74. The molecule has 1 aromatic heterocycles. The smallest absolute Gasteiger partial charge is 0.114 e. The van der Waals surface area contributed by atoms with E-state index in [0.29, 0.717) is 12.0 Å².